The molecule has 0 aromatic heterocycles. The molecular weight excluding hydrogens is 245 g/mol. The molecule has 1 aromatic rings. The standard InChI is InChI=1S/C12H15Cl2NO/c1-2-15(12(16)9-13)8-7-10-5-3-4-6-11(10)14/h3-6H,2,7-9H2,1H3. The number of hydrogen-bond donors (Lipinski definition) is 0. The van der Waals surface area contributed by atoms with Gasteiger partial charge in [-0.15, -0.1) is 11.6 Å². The Bertz CT molecular complexity index is 355. The van der Waals surface area contributed by atoms with E-state index in [4.69, 9.17) is 23.2 Å². The Kier molecular flexibility index (Phi) is 5.64. The first-order valence-corrected chi connectivity index (χ1v) is 6.17. The van der Waals surface area contributed by atoms with Crippen LogP contribution in [0.25, 0.3) is 0 Å². The van der Waals surface area contributed by atoms with Crippen molar-refractivity contribution in [2.45, 2.75) is 13.3 Å². The van der Waals surface area contributed by atoms with Gasteiger partial charge < -0.3 is 4.90 Å². The van der Waals surface area contributed by atoms with Crippen molar-refractivity contribution in [3.8, 4) is 0 Å². The van der Waals surface area contributed by atoms with Crippen molar-refractivity contribution in [3.05, 3.63) is 34.9 Å². The van der Waals surface area contributed by atoms with Gasteiger partial charge in [-0.1, -0.05) is 29.8 Å². The molecule has 0 saturated heterocycles. The van der Waals surface area contributed by atoms with Gasteiger partial charge in [0.1, 0.15) is 5.88 Å². The van der Waals surface area contributed by atoms with Crippen LogP contribution in [0.1, 0.15) is 12.5 Å². The number of likely N-dealkylation sites (N-methyl/N-ethyl adjacent to an activating group) is 1. The molecule has 1 rings (SSSR count). The molecule has 1 amide bonds. The first kappa shape index (κ1) is 13.3. The van der Waals surface area contributed by atoms with E-state index >= 15 is 0 Å². The minimum absolute atomic E-state index is 0.0313. The fourth-order valence-corrected chi connectivity index (χ4v) is 1.90. The van der Waals surface area contributed by atoms with E-state index in [1.165, 1.54) is 0 Å². The fraction of sp³-hybridized carbons (Fsp3) is 0.417. The molecule has 88 valence electrons. The Morgan fingerprint density at radius 1 is 1.38 bits per heavy atom. The molecule has 16 heavy (non-hydrogen) atoms. The first-order chi connectivity index (χ1) is 7.69. The van der Waals surface area contributed by atoms with Gasteiger partial charge in [0.2, 0.25) is 5.91 Å². The Morgan fingerprint density at radius 3 is 2.62 bits per heavy atom. The zero-order valence-corrected chi connectivity index (χ0v) is 10.8. The lowest BCUT2D eigenvalue weighted by Gasteiger charge is -2.19. The normalized spacial score (nSPS) is 10.2. The number of alkyl halides is 1. The average Bonchev–Trinajstić information content (AvgIpc) is 2.31. The molecule has 0 bridgehead atoms. The smallest absolute Gasteiger partial charge is 0.237 e. The summed E-state index contributed by atoms with van der Waals surface area (Å²) in [5.41, 5.74) is 1.06. The Morgan fingerprint density at radius 2 is 2.06 bits per heavy atom. The molecule has 2 nitrogen and oxygen atoms in total. The molecule has 0 spiro atoms. The maximum absolute atomic E-state index is 11.4. The van der Waals surface area contributed by atoms with E-state index in [0.717, 1.165) is 17.0 Å². The number of hydrogen-bond acceptors (Lipinski definition) is 1. The van der Waals surface area contributed by atoms with E-state index in [1.807, 2.05) is 31.2 Å². The van der Waals surface area contributed by atoms with Gasteiger partial charge in [-0.2, -0.15) is 0 Å². The van der Waals surface area contributed by atoms with E-state index < -0.39 is 0 Å². The molecule has 4 heteroatoms. The molecule has 0 saturated carbocycles. The van der Waals surface area contributed by atoms with E-state index in [2.05, 4.69) is 0 Å². The molecule has 0 aliphatic rings. The summed E-state index contributed by atoms with van der Waals surface area (Å²) in [7, 11) is 0. The summed E-state index contributed by atoms with van der Waals surface area (Å²) in [6.07, 6.45) is 0.760. The summed E-state index contributed by atoms with van der Waals surface area (Å²) in [6, 6.07) is 7.67. The van der Waals surface area contributed by atoms with Crippen molar-refractivity contribution >= 4 is 29.1 Å². The van der Waals surface area contributed by atoms with Gasteiger partial charge >= 0.3 is 0 Å². The fourth-order valence-electron chi connectivity index (χ4n) is 1.50. The SMILES string of the molecule is CCN(CCc1ccccc1Cl)C(=O)CCl. The Balaban J connectivity index is 2.56. The van der Waals surface area contributed by atoms with Crippen LogP contribution in [-0.4, -0.2) is 29.8 Å². The maximum Gasteiger partial charge on any atom is 0.237 e. The van der Waals surface area contributed by atoms with E-state index in [1.54, 1.807) is 4.90 Å². The summed E-state index contributed by atoms with van der Waals surface area (Å²) in [6.45, 7) is 3.28. The van der Waals surface area contributed by atoms with Crippen molar-refractivity contribution in [3.63, 3.8) is 0 Å². The zero-order chi connectivity index (χ0) is 12.0. The van der Waals surface area contributed by atoms with Crippen LogP contribution in [0.2, 0.25) is 5.02 Å². The van der Waals surface area contributed by atoms with Crippen molar-refractivity contribution in [2.24, 2.45) is 0 Å². The third kappa shape index (κ3) is 3.69. The quantitative estimate of drug-likeness (QED) is 0.745. The maximum atomic E-state index is 11.4. The van der Waals surface area contributed by atoms with Gasteiger partial charge in [0.15, 0.2) is 0 Å². The number of carbonyl (C=O) groups excluding carboxylic acids is 1. The molecule has 0 N–H and O–H groups in total. The second kappa shape index (κ2) is 6.77. The predicted octanol–water partition coefficient (Wildman–Crippen LogP) is 2.97. The number of carbonyl (C=O) groups is 1. The molecule has 0 unspecified atom stereocenters. The van der Waals surface area contributed by atoms with Crippen LogP contribution >= 0.6 is 23.2 Å². The third-order valence-electron chi connectivity index (χ3n) is 2.46. The van der Waals surface area contributed by atoms with E-state index in [-0.39, 0.29) is 11.8 Å². The van der Waals surface area contributed by atoms with Gasteiger partial charge in [-0.25, -0.2) is 0 Å². The molecule has 0 atom stereocenters. The van der Waals surface area contributed by atoms with Crippen LogP contribution in [-0.2, 0) is 11.2 Å². The summed E-state index contributed by atoms with van der Waals surface area (Å²) in [5.74, 6) is 0.00678. The summed E-state index contributed by atoms with van der Waals surface area (Å²) < 4.78 is 0. The highest BCUT2D eigenvalue weighted by Gasteiger charge is 2.10. The van der Waals surface area contributed by atoms with Gasteiger partial charge in [0.25, 0.3) is 0 Å². The van der Waals surface area contributed by atoms with Crippen LogP contribution in [0, 0.1) is 0 Å². The van der Waals surface area contributed by atoms with Crippen molar-refractivity contribution in [2.75, 3.05) is 19.0 Å². The number of benzene rings is 1. The van der Waals surface area contributed by atoms with Crippen LogP contribution in [0.5, 0.6) is 0 Å². The second-order valence-corrected chi connectivity index (χ2v) is 4.12. The van der Waals surface area contributed by atoms with Crippen molar-refractivity contribution < 1.29 is 4.79 Å². The van der Waals surface area contributed by atoms with Crippen LogP contribution in [0.15, 0.2) is 24.3 Å². The minimum atomic E-state index is -0.0313. The zero-order valence-electron chi connectivity index (χ0n) is 9.25. The van der Waals surface area contributed by atoms with E-state index in [0.29, 0.717) is 13.1 Å². The molecule has 1 aromatic carbocycles. The lowest BCUT2D eigenvalue weighted by atomic mass is 10.1. The number of amides is 1. The van der Waals surface area contributed by atoms with Gasteiger partial charge in [-0.3, -0.25) is 4.79 Å². The highest BCUT2D eigenvalue weighted by Crippen LogP contribution is 2.15. The Labute approximate surface area is 106 Å². The first-order valence-electron chi connectivity index (χ1n) is 5.26. The van der Waals surface area contributed by atoms with Crippen molar-refractivity contribution in [1.29, 1.82) is 0 Å². The van der Waals surface area contributed by atoms with Crippen molar-refractivity contribution in [1.82, 2.24) is 4.90 Å². The summed E-state index contributed by atoms with van der Waals surface area (Å²) in [4.78, 5) is 13.1. The lowest BCUT2D eigenvalue weighted by molar-refractivity contribution is -0.128. The molecule has 0 radical (unpaired) electrons. The average molecular weight is 260 g/mol. The molecule has 0 aliphatic carbocycles. The molecular formula is C12H15Cl2NO. The largest absolute Gasteiger partial charge is 0.342 e. The highest BCUT2D eigenvalue weighted by atomic mass is 35.5. The molecule has 0 fully saturated rings. The van der Waals surface area contributed by atoms with Crippen LogP contribution < -0.4 is 0 Å². The lowest BCUT2D eigenvalue weighted by Crippen LogP contribution is -2.33. The second-order valence-electron chi connectivity index (χ2n) is 3.45. The van der Waals surface area contributed by atoms with E-state index in [9.17, 15) is 4.79 Å². The number of nitrogens with zero attached hydrogens (tertiary/aromatic N) is 1. The monoisotopic (exact) mass is 259 g/mol. The number of rotatable bonds is 5. The van der Waals surface area contributed by atoms with Crippen LogP contribution in [0.3, 0.4) is 0 Å². The molecule has 0 aliphatic heterocycles. The summed E-state index contributed by atoms with van der Waals surface area (Å²) in [5, 5.41) is 0.747. The summed E-state index contributed by atoms with van der Waals surface area (Å²) >= 11 is 11.6. The van der Waals surface area contributed by atoms with Gasteiger partial charge in [-0.05, 0) is 25.0 Å². The number of halogens is 2. The third-order valence-corrected chi connectivity index (χ3v) is 3.05. The molecule has 0 heterocycles. The van der Waals surface area contributed by atoms with Crippen LogP contribution in [0.4, 0.5) is 0 Å². The van der Waals surface area contributed by atoms with Gasteiger partial charge in [0, 0.05) is 18.1 Å². The highest BCUT2D eigenvalue weighted by molar-refractivity contribution is 6.31. The predicted molar refractivity (Wildman–Crippen MR) is 68.1 cm³/mol. The Hall–Kier alpha value is -0.730. The minimum Gasteiger partial charge on any atom is -0.342 e. The van der Waals surface area contributed by atoms with Gasteiger partial charge in [0.05, 0.1) is 0 Å². The topological polar surface area (TPSA) is 20.3 Å².